The van der Waals surface area contributed by atoms with Gasteiger partial charge in [0.15, 0.2) is 0 Å². The quantitative estimate of drug-likeness (QED) is 0.759. The van der Waals surface area contributed by atoms with Crippen LogP contribution < -0.4 is 0 Å². The van der Waals surface area contributed by atoms with Crippen LogP contribution in [0.25, 0.3) is 11.3 Å². The molecule has 2 aliphatic heterocycles. The monoisotopic (exact) mass is 407 g/mol. The van der Waals surface area contributed by atoms with Crippen LogP contribution in [0.15, 0.2) is 48.7 Å². The number of amides is 1. The molecule has 0 unspecified atom stereocenters. The maximum Gasteiger partial charge on any atom is 0.229 e. The van der Waals surface area contributed by atoms with E-state index in [1.54, 1.807) is 0 Å². The van der Waals surface area contributed by atoms with E-state index in [0.29, 0.717) is 25.2 Å². The Morgan fingerprint density at radius 3 is 2.47 bits per heavy atom. The number of carbonyl (C=O) groups excluding carboxylic acids is 1. The van der Waals surface area contributed by atoms with Crippen LogP contribution in [0.3, 0.4) is 0 Å². The van der Waals surface area contributed by atoms with E-state index in [-0.39, 0.29) is 5.41 Å². The van der Waals surface area contributed by atoms with Gasteiger partial charge in [-0.25, -0.2) is 0 Å². The third-order valence-electron chi connectivity index (χ3n) is 6.92. The molecule has 0 bridgehead atoms. The molecule has 4 rings (SSSR count). The van der Waals surface area contributed by atoms with Crippen molar-refractivity contribution in [3.63, 3.8) is 0 Å². The third-order valence-corrected chi connectivity index (χ3v) is 6.92. The predicted octanol–water partition coefficient (Wildman–Crippen LogP) is 3.64. The van der Waals surface area contributed by atoms with Crippen LogP contribution in [0.2, 0.25) is 0 Å². The summed E-state index contributed by atoms with van der Waals surface area (Å²) in [6, 6.07) is 14.9. The highest BCUT2D eigenvalue weighted by Crippen LogP contribution is 2.37. The van der Waals surface area contributed by atoms with Crippen molar-refractivity contribution in [1.82, 2.24) is 14.8 Å². The van der Waals surface area contributed by atoms with Crippen LogP contribution in [0.5, 0.6) is 0 Å². The minimum atomic E-state index is -0.358. The molecule has 30 heavy (non-hydrogen) atoms. The van der Waals surface area contributed by atoms with Gasteiger partial charge in [0.2, 0.25) is 5.91 Å². The number of piperidine rings is 1. The minimum absolute atomic E-state index is 0.300. The molecule has 3 heterocycles. The lowest BCUT2D eigenvalue weighted by atomic mass is 9.73. The van der Waals surface area contributed by atoms with Crippen molar-refractivity contribution >= 4 is 5.91 Å². The first kappa shape index (κ1) is 21.0. The summed E-state index contributed by atoms with van der Waals surface area (Å²) in [6.45, 7) is 3.46. The number of benzene rings is 1. The van der Waals surface area contributed by atoms with Gasteiger partial charge in [0.05, 0.1) is 11.1 Å². The topological polar surface area (TPSA) is 45.7 Å². The van der Waals surface area contributed by atoms with Crippen molar-refractivity contribution in [2.75, 3.05) is 40.4 Å². The lowest BCUT2D eigenvalue weighted by Gasteiger charge is -2.43. The number of likely N-dealkylation sites (tertiary alicyclic amines) is 1. The molecule has 0 N–H and O–H groups in total. The Labute approximate surface area is 180 Å². The molecule has 2 aliphatic rings. The molecule has 1 amide bonds. The van der Waals surface area contributed by atoms with Crippen molar-refractivity contribution in [3.8, 4) is 11.3 Å². The number of rotatable bonds is 5. The second-order valence-electron chi connectivity index (χ2n) is 8.93. The molecular weight excluding hydrogens is 374 g/mol. The van der Waals surface area contributed by atoms with Crippen molar-refractivity contribution in [2.45, 2.75) is 38.1 Å². The van der Waals surface area contributed by atoms with Gasteiger partial charge < -0.3 is 14.5 Å². The van der Waals surface area contributed by atoms with Gasteiger partial charge in [0, 0.05) is 38.1 Å². The standard InChI is InChI=1S/C25H33N3O2/c1-27-15-10-22(11-16-27)28(2)24(29)25(12-17-30-18-13-25)19-20-6-8-21(9-7-20)23-5-3-4-14-26-23/h3-9,14,22H,10-13,15-19H2,1-2H3. The van der Waals surface area contributed by atoms with Crippen molar-refractivity contribution in [2.24, 2.45) is 5.41 Å². The number of carbonyl (C=O) groups is 1. The van der Waals surface area contributed by atoms with Gasteiger partial charge in [0.1, 0.15) is 0 Å². The molecule has 0 atom stereocenters. The van der Waals surface area contributed by atoms with Gasteiger partial charge in [-0.05, 0) is 69.9 Å². The molecule has 2 saturated heterocycles. The lowest BCUT2D eigenvalue weighted by Crippen LogP contribution is -2.52. The van der Waals surface area contributed by atoms with E-state index in [1.807, 2.05) is 31.4 Å². The first-order chi connectivity index (χ1) is 14.6. The Kier molecular flexibility index (Phi) is 6.49. The van der Waals surface area contributed by atoms with Crippen LogP contribution in [0.4, 0.5) is 0 Å². The van der Waals surface area contributed by atoms with Crippen molar-refractivity contribution in [1.29, 1.82) is 0 Å². The molecule has 5 heteroatoms. The number of pyridine rings is 1. The summed E-state index contributed by atoms with van der Waals surface area (Å²) in [6.07, 6.45) is 6.30. The van der Waals surface area contributed by atoms with Gasteiger partial charge >= 0.3 is 0 Å². The Bertz CT molecular complexity index is 823. The SMILES string of the molecule is CN1CCC(N(C)C(=O)C2(Cc3ccc(-c4ccccn4)cc3)CCOCC2)CC1. The van der Waals surface area contributed by atoms with Gasteiger partial charge in [0.25, 0.3) is 0 Å². The summed E-state index contributed by atoms with van der Waals surface area (Å²) in [4.78, 5) is 22.6. The average molecular weight is 408 g/mol. The van der Waals surface area contributed by atoms with Crippen LogP contribution in [-0.4, -0.2) is 67.1 Å². The summed E-state index contributed by atoms with van der Waals surface area (Å²) < 4.78 is 5.64. The van der Waals surface area contributed by atoms with E-state index in [0.717, 1.165) is 56.5 Å². The Hall–Kier alpha value is -2.24. The molecule has 160 valence electrons. The fourth-order valence-corrected chi connectivity index (χ4v) is 4.87. The molecule has 1 aromatic heterocycles. The molecule has 5 nitrogen and oxygen atoms in total. The van der Waals surface area contributed by atoms with Gasteiger partial charge in [-0.2, -0.15) is 0 Å². The van der Waals surface area contributed by atoms with E-state index < -0.39 is 0 Å². The molecule has 0 saturated carbocycles. The van der Waals surface area contributed by atoms with E-state index in [9.17, 15) is 4.79 Å². The van der Waals surface area contributed by atoms with Crippen LogP contribution >= 0.6 is 0 Å². The fraction of sp³-hybridized carbons (Fsp3) is 0.520. The van der Waals surface area contributed by atoms with E-state index >= 15 is 0 Å². The van der Waals surface area contributed by atoms with Crippen molar-refractivity contribution in [3.05, 3.63) is 54.2 Å². The highest BCUT2D eigenvalue weighted by molar-refractivity contribution is 5.83. The molecular formula is C25H33N3O2. The Morgan fingerprint density at radius 1 is 1.13 bits per heavy atom. The van der Waals surface area contributed by atoms with Crippen LogP contribution in [-0.2, 0) is 16.0 Å². The Morgan fingerprint density at radius 2 is 1.83 bits per heavy atom. The zero-order valence-corrected chi connectivity index (χ0v) is 18.2. The summed E-state index contributed by atoms with van der Waals surface area (Å²) >= 11 is 0. The molecule has 2 fully saturated rings. The maximum atomic E-state index is 13.7. The van der Waals surface area contributed by atoms with Crippen molar-refractivity contribution < 1.29 is 9.53 Å². The van der Waals surface area contributed by atoms with Gasteiger partial charge in [-0.1, -0.05) is 30.3 Å². The largest absolute Gasteiger partial charge is 0.381 e. The summed E-state index contributed by atoms with van der Waals surface area (Å²) in [5, 5.41) is 0. The number of nitrogens with zero attached hydrogens (tertiary/aromatic N) is 3. The zero-order chi connectivity index (χ0) is 21.0. The van der Waals surface area contributed by atoms with Crippen LogP contribution in [0, 0.1) is 5.41 Å². The third kappa shape index (κ3) is 4.57. The summed E-state index contributed by atoms with van der Waals surface area (Å²) in [7, 11) is 4.17. The molecule has 2 aromatic rings. The first-order valence-corrected chi connectivity index (χ1v) is 11.1. The number of hydrogen-bond acceptors (Lipinski definition) is 4. The molecule has 0 radical (unpaired) electrons. The van der Waals surface area contributed by atoms with E-state index in [4.69, 9.17) is 4.74 Å². The molecule has 1 aromatic carbocycles. The van der Waals surface area contributed by atoms with Gasteiger partial charge in [-0.3, -0.25) is 9.78 Å². The first-order valence-electron chi connectivity index (χ1n) is 11.1. The molecule has 0 aliphatic carbocycles. The lowest BCUT2D eigenvalue weighted by molar-refractivity contribution is -0.149. The number of ether oxygens (including phenoxy) is 1. The summed E-state index contributed by atoms with van der Waals surface area (Å²) in [5.41, 5.74) is 2.93. The highest BCUT2D eigenvalue weighted by Gasteiger charge is 2.43. The fourth-order valence-electron chi connectivity index (χ4n) is 4.87. The zero-order valence-electron chi connectivity index (χ0n) is 18.2. The Balaban J connectivity index is 1.51. The number of hydrogen-bond donors (Lipinski definition) is 0. The molecule has 0 spiro atoms. The predicted molar refractivity (Wildman–Crippen MR) is 119 cm³/mol. The normalized spacial score (nSPS) is 20.1. The second-order valence-corrected chi connectivity index (χ2v) is 8.93. The highest BCUT2D eigenvalue weighted by atomic mass is 16.5. The second kappa shape index (κ2) is 9.27. The summed E-state index contributed by atoms with van der Waals surface area (Å²) in [5.74, 6) is 0.300. The van der Waals surface area contributed by atoms with E-state index in [1.165, 1.54) is 5.56 Å². The van der Waals surface area contributed by atoms with Crippen LogP contribution in [0.1, 0.15) is 31.2 Å². The number of aromatic nitrogens is 1. The van der Waals surface area contributed by atoms with E-state index in [2.05, 4.69) is 46.1 Å². The minimum Gasteiger partial charge on any atom is -0.381 e. The maximum absolute atomic E-state index is 13.7. The van der Waals surface area contributed by atoms with Gasteiger partial charge in [-0.15, -0.1) is 0 Å². The smallest absolute Gasteiger partial charge is 0.229 e. The average Bonchev–Trinajstić information content (AvgIpc) is 2.80.